The van der Waals surface area contributed by atoms with Crippen molar-refractivity contribution >= 4 is 11.6 Å². The number of ether oxygens (including phenoxy) is 1. The van der Waals surface area contributed by atoms with Crippen LogP contribution >= 0.6 is 0 Å². The van der Waals surface area contributed by atoms with Crippen LogP contribution < -0.4 is 10.1 Å². The number of amides is 1. The smallest absolute Gasteiger partial charge is 0.258 e. The summed E-state index contributed by atoms with van der Waals surface area (Å²) in [6.45, 7) is 5.57. The van der Waals surface area contributed by atoms with Crippen molar-refractivity contribution in [3.8, 4) is 5.75 Å². The highest BCUT2D eigenvalue weighted by Crippen LogP contribution is 2.39. The zero-order valence-corrected chi connectivity index (χ0v) is 19.7. The van der Waals surface area contributed by atoms with E-state index in [0.717, 1.165) is 35.6 Å². The maximum atomic E-state index is 13.6. The summed E-state index contributed by atoms with van der Waals surface area (Å²) in [6.07, 6.45) is 6.11. The van der Waals surface area contributed by atoms with Crippen LogP contribution in [0.3, 0.4) is 0 Å². The summed E-state index contributed by atoms with van der Waals surface area (Å²) < 4.78 is 5.96. The SMILES string of the molecule is CCCCCCCOc1ccc(C2(C)Nc3ccccc3C(=O)N2Cc2ccccc2)cc1. The second-order valence-electron chi connectivity index (χ2n) is 8.91. The minimum absolute atomic E-state index is 0.0307. The van der Waals surface area contributed by atoms with Crippen LogP contribution in [0.4, 0.5) is 5.69 Å². The molecule has 0 fully saturated rings. The van der Waals surface area contributed by atoms with E-state index in [0.29, 0.717) is 12.1 Å². The number of unbranched alkanes of at least 4 members (excludes halogenated alkanes) is 4. The van der Waals surface area contributed by atoms with Crippen LogP contribution in [-0.2, 0) is 12.2 Å². The molecule has 0 bridgehead atoms. The lowest BCUT2D eigenvalue weighted by Gasteiger charge is -2.47. The first kappa shape index (κ1) is 22.9. The Morgan fingerprint density at radius 3 is 2.30 bits per heavy atom. The van der Waals surface area contributed by atoms with Gasteiger partial charge in [-0.3, -0.25) is 4.79 Å². The highest BCUT2D eigenvalue weighted by atomic mass is 16.5. The second kappa shape index (κ2) is 10.6. The third-order valence-corrected chi connectivity index (χ3v) is 6.44. The fourth-order valence-electron chi connectivity index (χ4n) is 4.45. The minimum atomic E-state index is -0.681. The molecule has 3 aromatic carbocycles. The van der Waals surface area contributed by atoms with Gasteiger partial charge in [-0.2, -0.15) is 0 Å². The van der Waals surface area contributed by atoms with Crippen molar-refractivity contribution < 1.29 is 9.53 Å². The summed E-state index contributed by atoms with van der Waals surface area (Å²) >= 11 is 0. The monoisotopic (exact) mass is 442 g/mol. The number of benzene rings is 3. The molecular formula is C29H34N2O2. The standard InChI is InChI=1S/C29H34N2O2/c1-3-4-5-6-12-21-33-25-19-17-24(18-20-25)29(2)30-27-16-11-10-15-26(27)28(32)31(29)22-23-13-8-7-9-14-23/h7-11,13-20,30H,3-6,12,21-22H2,1-2H3. The number of carbonyl (C=O) groups is 1. The number of carbonyl (C=O) groups excluding carboxylic acids is 1. The number of rotatable bonds is 10. The minimum Gasteiger partial charge on any atom is -0.494 e. The molecular weight excluding hydrogens is 408 g/mol. The van der Waals surface area contributed by atoms with Crippen molar-refractivity contribution in [3.63, 3.8) is 0 Å². The van der Waals surface area contributed by atoms with Gasteiger partial charge in [-0.15, -0.1) is 0 Å². The van der Waals surface area contributed by atoms with Crippen molar-refractivity contribution in [2.24, 2.45) is 0 Å². The molecule has 1 unspecified atom stereocenters. The maximum Gasteiger partial charge on any atom is 0.258 e. The summed E-state index contributed by atoms with van der Waals surface area (Å²) in [5.41, 5.74) is 3.01. The van der Waals surface area contributed by atoms with Crippen LogP contribution in [0.15, 0.2) is 78.9 Å². The van der Waals surface area contributed by atoms with Gasteiger partial charge in [0.05, 0.1) is 12.2 Å². The average molecular weight is 443 g/mol. The summed E-state index contributed by atoms with van der Waals surface area (Å²) in [5.74, 6) is 0.901. The molecule has 4 heteroatoms. The Kier molecular flexibility index (Phi) is 7.33. The lowest BCUT2D eigenvalue weighted by Crippen LogP contribution is -2.55. The van der Waals surface area contributed by atoms with Crippen molar-refractivity contribution in [3.05, 3.63) is 95.6 Å². The number of hydrogen-bond donors (Lipinski definition) is 1. The van der Waals surface area contributed by atoms with Gasteiger partial charge in [0.15, 0.2) is 0 Å². The van der Waals surface area contributed by atoms with Crippen molar-refractivity contribution in [1.82, 2.24) is 4.90 Å². The van der Waals surface area contributed by atoms with Gasteiger partial charge in [0.25, 0.3) is 5.91 Å². The molecule has 4 nitrogen and oxygen atoms in total. The molecule has 4 rings (SSSR count). The zero-order chi connectivity index (χ0) is 23.1. The molecule has 172 valence electrons. The van der Waals surface area contributed by atoms with Gasteiger partial charge in [-0.05, 0) is 48.7 Å². The first-order valence-electron chi connectivity index (χ1n) is 12.1. The fraction of sp³-hybridized carbons (Fsp3) is 0.345. The molecule has 0 spiro atoms. The number of fused-ring (bicyclic) bond motifs is 1. The third kappa shape index (κ3) is 5.22. The van der Waals surface area contributed by atoms with Crippen molar-refractivity contribution in [1.29, 1.82) is 0 Å². The van der Waals surface area contributed by atoms with Crippen LogP contribution in [0.2, 0.25) is 0 Å². The number of anilines is 1. The number of nitrogens with one attached hydrogen (secondary N) is 1. The molecule has 1 atom stereocenters. The van der Waals surface area contributed by atoms with Gasteiger partial charge in [0.2, 0.25) is 0 Å². The largest absolute Gasteiger partial charge is 0.494 e. The zero-order valence-electron chi connectivity index (χ0n) is 19.7. The van der Waals surface area contributed by atoms with Gasteiger partial charge in [0.1, 0.15) is 11.4 Å². The van der Waals surface area contributed by atoms with Gasteiger partial charge in [-0.1, -0.05) is 87.2 Å². The predicted octanol–water partition coefficient (Wildman–Crippen LogP) is 6.98. The highest BCUT2D eigenvalue weighted by molar-refractivity contribution is 6.02. The molecule has 1 aliphatic rings. The van der Waals surface area contributed by atoms with E-state index in [9.17, 15) is 4.79 Å². The van der Waals surface area contributed by atoms with Gasteiger partial charge >= 0.3 is 0 Å². The Morgan fingerprint density at radius 2 is 1.55 bits per heavy atom. The Morgan fingerprint density at radius 1 is 0.848 bits per heavy atom. The number of para-hydroxylation sites is 1. The van der Waals surface area contributed by atoms with E-state index in [4.69, 9.17) is 4.74 Å². The van der Waals surface area contributed by atoms with Gasteiger partial charge in [0, 0.05) is 12.2 Å². The topological polar surface area (TPSA) is 41.6 Å². The summed E-state index contributed by atoms with van der Waals surface area (Å²) in [4.78, 5) is 15.5. The van der Waals surface area contributed by atoms with Crippen LogP contribution in [0.1, 0.15) is 67.4 Å². The first-order chi connectivity index (χ1) is 16.1. The molecule has 0 saturated carbocycles. The molecule has 0 aliphatic carbocycles. The van der Waals surface area contributed by atoms with Crippen LogP contribution in [0.5, 0.6) is 5.75 Å². The normalized spacial score (nSPS) is 17.4. The van der Waals surface area contributed by atoms with Crippen LogP contribution in [0, 0.1) is 0 Å². The first-order valence-corrected chi connectivity index (χ1v) is 12.1. The van der Waals surface area contributed by atoms with Crippen LogP contribution in [-0.4, -0.2) is 17.4 Å². The highest BCUT2D eigenvalue weighted by Gasteiger charge is 2.42. The molecule has 1 heterocycles. The quantitative estimate of drug-likeness (QED) is 0.345. The lowest BCUT2D eigenvalue weighted by molar-refractivity contribution is 0.0509. The molecule has 0 saturated heterocycles. The molecule has 1 aliphatic heterocycles. The van der Waals surface area contributed by atoms with E-state index in [1.807, 2.05) is 59.5 Å². The maximum absolute atomic E-state index is 13.6. The Hall–Kier alpha value is -3.27. The van der Waals surface area contributed by atoms with E-state index in [-0.39, 0.29) is 5.91 Å². The summed E-state index contributed by atoms with van der Waals surface area (Å²) in [5, 5.41) is 3.65. The predicted molar refractivity (Wildman–Crippen MR) is 134 cm³/mol. The van der Waals surface area contributed by atoms with E-state index in [1.54, 1.807) is 0 Å². The molecule has 33 heavy (non-hydrogen) atoms. The summed E-state index contributed by atoms with van der Waals surface area (Å²) in [7, 11) is 0. The van der Waals surface area contributed by atoms with Gasteiger partial charge < -0.3 is 15.0 Å². The van der Waals surface area contributed by atoms with Crippen LogP contribution in [0.25, 0.3) is 0 Å². The third-order valence-electron chi connectivity index (χ3n) is 6.44. The fourth-order valence-corrected chi connectivity index (χ4v) is 4.45. The van der Waals surface area contributed by atoms with Crippen molar-refractivity contribution in [2.45, 2.75) is 58.2 Å². The number of hydrogen-bond acceptors (Lipinski definition) is 3. The molecule has 1 N–H and O–H groups in total. The van der Waals surface area contributed by atoms with Gasteiger partial charge in [-0.25, -0.2) is 0 Å². The second-order valence-corrected chi connectivity index (χ2v) is 8.91. The van der Waals surface area contributed by atoms with E-state index >= 15 is 0 Å². The molecule has 1 amide bonds. The average Bonchev–Trinajstić information content (AvgIpc) is 2.85. The van der Waals surface area contributed by atoms with E-state index in [1.165, 1.54) is 25.7 Å². The Balaban J connectivity index is 1.55. The lowest BCUT2D eigenvalue weighted by atomic mass is 9.93. The van der Waals surface area contributed by atoms with Crippen molar-refractivity contribution in [2.75, 3.05) is 11.9 Å². The Labute approximate surface area is 197 Å². The van der Waals surface area contributed by atoms with E-state index < -0.39 is 5.66 Å². The van der Waals surface area contributed by atoms with E-state index in [2.05, 4.69) is 43.4 Å². The Bertz CT molecular complexity index is 1050. The number of nitrogens with zero attached hydrogens (tertiary/aromatic N) is 1. The summed E-state index contributed by atoms with van der Waals surface area (Å²) in [6, 6.07) is 26.0. The molecule has 0 radical (unpaired) electrons. The molecule has 0 aromatic heterocycles. The molecule has 3 aromatic rings.